The van der Waals surface area contributed by atoms with E-state index in [9.17, 15) is 13.5 Å². The van der Waals surface area contributed by atoms with Crippen LogP contribution in [-0.2, 0) is 9.84 Å². The van der Waals surface area contributed by atoms with Gasteiger partial charge in [-0.2, -0.15) is 0 Å². The van der Waals surface area contributed by atoms with Crippen LogP contribution in [0, 0.1) is 5.92 Å². The molecule has 0 fully saturated rings. The van der Waals surface area contributed by atoms with Crippen LogP contribution in [-0.4, -0.2) is 13.5 Å². The Bertz CT molecular complexity index is 737. The third kappa shape index (κ3) is 3.89. The highest BCUT2D eigenvalue weighted by Crippen LogP contribution is 2.35. The summed E-state index contributed by atoms with van der Waals surface area (Å²) in [6.45, 7) is 5.79. The van der Waals surface area contributed by atoms with Crippen LogP contribution in [0.4, 0.5) is 0 Å². The lowest BCUT2D eigenvalue weighted by molar-refractivity contribution is 0.124. The Balaban J connectivity index is 2.36. The summed E-state index contributed by atoms with van der Waals surface area (Å²) >= 11 is 0. The van der Waals surface area contributed by atoms with Crippen molar-refractivity contribution in [3.05, 3.63) is 77.7 Å². The van der Waals surface area contributed by atoms with Gasteiger partial charge in [0.2, 0.25) is 9.84 Å². The van der Waals surface area contributed by atoms with Crippen molar-refractivity contribution < 1.29 is 13.5 Å². The zero-order chi connectivity index (χ0) is 16.9. The molecule has 0 unspecified atom stereocenters. The van der Waals surface area contributed by atoms with Gasteiger partial charge in [-0.1, -0.05) is 68.5 Å². The minimum atomic E-state index is -3.67. The largest absolute Gasteiger partial charge is 0.388 e. The Kier molecular flexibility index (Phi) is 5.74. The average molecular weight is 330 g/mol. The van der Waals surface area contributed by atoms with Crippen LogP contribution >= 0.6 is 0 Å². The first-order chi connectivity index (χ1) is 11.0. The molecule has 0 bridgehead atoms. The first-order valence-electron chi connectivity index (χ1n) is 7.70. The first kappa shape index (κ1) is 17.4. The molecule has 0 aliphatic carbocycles. The summed E-state index contributed by atoms with van der Waals surface area (Å²) in [4.78, 5) is 0.285. The second kappa shape index (κ2) is 7.57. The lowest BCUT2D eigenvalue weighted by Gasteiger charge is -2.25. The number of rotatable bonds is 7. The van der Waals surface area contributed by atoms with E-state index in [-0.39, 0.29) is 9.80 Å². The molecular formula is C19H22O3S. The molecule has 2 aromatic carbocycles. The second-order valence-electron chi connectivity index (χ2n) is 5.53. The molecule has 1 N–H and O–H groups in total. The van der Waals surface area contributed by atoms with E-state index in [1.165, 1.54) is 0 Å². The molecule has 0 saturated heterocycles. The molecule has 2 aromatic rings. The van der Waals surface area contributed by atoms with Crippen molar-refractivity contribution in [2.75, 3.05) is 0 Å². The molecule has 0 amide bonds. The molecule has 2 atom stereocenters. The van der Waals surface area contributed by atoms with Gasteiger partial charge in [-0.3, -0.25) is 0 Å². The smallest absolute Gasteiger partial charge is 0.202 e. The molecule has 0 spiro atoms. The number of benzene rings is 2. The van der Waals surface area contributed by atoms with Crippen molar-refractivity contribution in [1.82, 2.24) is 0 Å². The summed E-state index contributed by atoms with van der Waals surface area (Å²) in [7, 11) is -3.67. The van der Waals surface area contributed by atoms with E-state index in [4.69, 9.17) is 0 Å². The van der Waals surface area contributed by atoms with Crippen LogP contribution in [0.3, 0.4) is 0 Å². The highest BCUT2D eigenvalue weighted by molar-refractivity contribution is 7.95. The van der Waals surface area contributed by atoms with Gasteiger partial charge < -0.3 is 5.11 Å². The predicted octanol–water partition coefficient (Wildman–Crippen LogP) is 4.12. The van der Waals surface area contributed by atoms with Crippen LogP contribution < -0.4 is 0 Å². The molecule has 0 aromatic heterocycles. The van der Waals surface area contributed by atoms with Gasteiger partial charge in [0.05, 0.1) is 11.0 Å². The van der Waals surface area contributed by atoms with Gasteiger partial charge in [-0.05, 0) is 24.1 Å². The number of aliphatic hydroxyl groups is 1. The highest BCUT2D eigenvalue weighted by Gasteiger charge is 2.31. The Morgan fingerprint density at radius 2 is 1.57 bits per heavy atom. The molecule has 3 nitrogen and oxygen atoms in total. The lowest BCUT2D eigenvalue weighted by atomic mass is 9.92. The van der Waals surface area contributed by atoms with E-state index in [2.05, 4.69) is 6.58 Å². The van der Waals surface area contributed by atoms with E-state index in [1.807, 2.05) is 25.1 Å². The van der Waals surface area contributed by atoms with Gasteiger partial charge in [-0.15, -0.1) is 0 Å². The summed E-state index contributed by atoms with van der Waals surface area (Å²) in [5.74, 6) is -0.535. The van der Waals surface area contributed by atoms with Crippen LogP contribution in [0.25, 0.3) is 0 Å². The van der Waals surface area contributed by atoms with E-state index >= 15 is 0 Å². The Morgan fingerprint density at radius 1 is 1.04 bits per heavy atom. The van der Waals surface area contributed by atoms with E-state index in [1.54, 1.807) is 42.5 Å². The van der Waals surface area contributed by atoms with Gasteiger partial charge in [0.25, 0.3) is 0 Å². The molecule has 0 aliphatic rings. The molecule has 23 heavy (non-hydrogen) atoms. The number of sulfone groups is 1. The van der Waals surface area contributed by atoms with Crippen molar-refractivity contribution in [2.45, 2.75) is 30.8 Å². The molecule has 122 valence electrons. The second-order valence-corrected chi connectivity index (χ2v) is 7.54. The molecule has 0 aliphatic heterocycles. The Morgan fingerprint density at radius 3 is 2.09 bits per heavy atom. The fraction of sp³-hybridized carbons (Fsp3) is 0.263. The van der Waals surface area contributed by atoms with Gasteiger partial charge in [0, 0.05) is 10.8 Å². The van der Waals surface area contributed by atoms with Gasteiger partial charge in [0.1, 0.15) is 0 Å². The normalized spacial score (nSPS) is 14.2. The summed E-state index contributed by atoms with van der Waals surface area (Å²) in [6.07, 6.45) is 0.431. The third-order valence-electron chi connectivity index (χ3n) is 3.93. The molecule has 0 saturated carbocycles. The fourth-order valence-corrected chi connectivity index (χ4v) is 4.10. The molecule has 0 heterocycles. The maximum absolute atomic E-state index is 12.8. The van der Waals surface area contributed by atoms with Crippen molar-refractivity contribution in [2.24, 2.45) is 5.92 Å². The minimum absolute atomic E-state index is 0.0712. The van der Waals surface area contributed by atoms with Crippen LogP contribution in [0.15, 0.2) is 77.0 Å². The topological polar surface area (TPSA) is 54.4 Å². The summed E-state index contributed by atoms with van der Waals surface area (Å²) < 4.78 is 25.5. The van der Waals surface area contributed by atoms with Crippen molar-refractivity contribution in [1.29, 1.82) is 0 Å². The van der Waals surface area contributed by atoms with Crippen molar-refractivity contribution in [3.63, 3.8) is 0 Å². The predicted molar refractivity (Wildman–Crippen MR) is 92.6 cm³/mol. The summed E-state index contributed by atoms with van der Waals surface area (Å²) in [5, 5.41) is 10.7. The molecular weight excluding hydrogens is 308 g/mol. The zero-order valence-corrected chi connectivity index (χ0v) is 14.0. The minimum Gasteiger partial charge on any atom is -0.388 e. The van der Waals surface area contributed by atoms with Gasteiger partial charge in [-0.25, -0.2) is 8.42 Å². The highest BCUT2D eigenvalue weighted by atomic mass is 32.2. The Labute approximate surface area is 138 Å². The lowest BCUT2D eigenvalue weighted by Crippen LogP contribution is -2.20. The van der Waals surface area contributed by atoms with Crippen LogP contribution in [0.2, 0.25) is 0 Å². The van der Waals surface area contributed by atoms with Crippen molar-refractivity contribution in [3.8, 4) is 0 Å². The fourth-order valence-electron chi connectivity index (χ4n) is 2.64. The molecule has 0 radical (unpaired) electrons. The molecule has 4 heteroatoms. The maximum atomic E-state index is 12.8. The van der Waals surface area contributed by atoms with Crippen LogP contribution in [0.1, 0.15) is 31.4 Å². The summed E-state index contributed by atoms with van der Waals surface area (Å²) in [5.41, 5.74) is 0.704. The van der Waals surface area contributed by atoms with Crippen molar-refractivity contribution >= 4 is 9.84 Å². The SMILES string of the molecule is C=C([C@H](CCC)[C@@H](O)c1ccccc1)S(=O)(=O)c1ccccc1. The third-order valence-corrected chi connectivity index (χ3v) is 5.82. The first-order valence-corrected chi connectivity index (χ1v) is 9.18. The average Bonchev–Trinajstić information content (AvgIpc) is 2.60. The van der Waals surface area contributed by atoms with E-state index in [0.717, 1.165) is 6.42 Å². The quantitative estimate of drug-likeness (QED) is 0.830. The Hall–Kier alpha value is -1.91. The van der Waals surface area contributed by atoms with Crippen LogP contribution in [0.5, 0.6) is 0 Å². The number of hydrogen-bond donors (Lipinski definition) is 1. The van der Waals surface area contributed by atoms with E-state index < -0.39 is 21.9 Å². The van der Waals surface area contributed by atoms with E-state index in [0.29, 0.717) is 12.0 Å². The van der Waals surface area contributed by atoms with Gasteiger partial charge in [0.15, 0.2) is 0 Å². The summed E-state index contributed by atoms with van der Waals surface area (Å²) in [6, 6.07) is 17.4. The van der Waals surface area contributed by atoms with Gasteiger partial charge >= 0.3 is 0 Å². The number of hydrogen-bond acceptors (Lipinski definition) is 3. The maximum Gasteiger partial charge on any atom is 0.202 e. The monoisotopic (exact) mass is 330 g/mol. The molecule has 2 rings (SSSR count). The zero-order valence-electron chi connectivity index (χ0n) is 13.2. The standard InChI is InChI=1S/C19H22O3S/c1-3-10-18(19(20)16-11-6-4-7-12-16)15(2)23(21,22)17-13-8-5-9-14-17/h4-9,11-14,18-20H,2-3,10H2,1H3/t18-,19-/m0/s1. The number of aliphatic hydroxyl groups excluding tert-OH is 1.